The number of rotatable bonds is 3. The summed E-state index contributed by atoms with van der Waals surface area (Å²) in [4.78, 5) is 13.3. The summed E-state index contributed by atoms with van der Waals surface area (Å²) in [5.74, 6) is -0.00428. The Hall–Kier alpha value is -1.43. The van der Waals surface area contributed by atoms with Gasteiger partial charge in [0.15, 0.2) is 0 Å². The molecule has 1 atom stereocenters. The highest BCUT2D eigenvalue weighted by atomic mass is 32.1. The normalized spacial score (nSPS) is 19.1. The fourth-order valence-electron chi connectivity index (χ4n) is 2.63. The number of nitrogens with one attached hydrogen (secondary N) is 2. The van der Waals surface area contributed by atoms with Gasteiger partial charge in [0.05, 0.1) is 17.6 Å². The Labute approximate surface area is 128 Å². The summed E-state index contributed by atoms with van der Waals surface area (Å²) in [6, 6.07) is 8.28. The van der Waals surface area contributed by atoms with Gasteiger partial charge < -0.3 is 15.4 Å². The molecule has 1 saturated heterocycles. The van der Waals surface area contributed by atoms with Gasteiger partial charge in [0, 0.05) is 29.4 Å². The predicted molar refractivity (Wildman–Crippen MR) is 86.0 cm³/mol. The van der Waals surface area contributed by atoms with E-state index in [0.717, 1.165) is 33.6 Å². The largest absolute Gasteiger partial charge is 0.371 e. The van der Waals surface area contributed by atoms with Gasteiger partial charge in [0.2, 0.25) is 0 Å². The van der Waals surface area contributed by atoms with Crippen molar-refractivity contribution in [3.05, 3.63) is 34.7 Å². The molecule has 3 rings (SSSR count). The van der Waals surface area contributed by atoms with Gasteiger partial charge in [0.25, 0.3) is 5.91 Å². The lowest BCUT2D eigenvalue weighted by molar-refractivity contribution is 0.0282. The molecule has 112 valence electrons. The number of hydrogen-bond acceptors (Lipinski definition) is 4. The maximum Gasteiger partial charge on any atom is 0.261 e. The number of morpholine rings is 1. The van der Waals surface area contributed by atoms with E-state index in [-0.39, 0.29) is 18.1 Å². The summed E-state index contributed by atoms with van der Waals surface area (Å²) in [5, 5.41) is 7.47. The number of amides is 1. The van der Waals surface area contributed by atoms with Crippen molar-refractivity contribution in [1.82, 2.24) is 10.6 Å². The smallest absolute Gasteiger partial charge is 0.261 e. The number of fused-ring (bicyclic) bond motifs is 1. The molecule has 1 amide bonds. The molecule has 1 aromatic carbocycles. The molecule has 2 N–H and O–H groups in total. The van der Waals surface area contributed by atoms with Crippen molar-refractivity contribution in [3.63, 3.8) is 0 Å². The second-order valence-electron chi connectivity index (χ2n) is 5.53. The highest BCUT2D eigenvalue weighted by molar-refractivity contribution is 7.21. The molecule has 0 bridgehead atoms. The van der Waals surface area contributed by atoms with Crippen molar-refractivity contribution in [2.45, 2.75) is 26.0 Å². The van der Waals surface area contributed by atoms with Crippen LogP contribution in [0.5, 0.6) is 0 Å². The standard InChI is InChI=1S/C16H20N2O2S/c1-10(2)18-16(19)15-14(12-9-17-7-8-20-12)11-5-3-4-6-13(11)21-15/h3-6,10,12,17H,7-9H2,1-2H3,(H,18,19)/t12-/m1/s1. The van der Waals surface area contributed by atoms with Crippen molar-refractivity contribution >= 4 is 27.3 Å². The summed E-state index contributed by atoms with van der Waals surface area (Å²) >= 11 is 1.55. The summed E-state index contributed by atoms with van der Waals surface area (Å²) in [7, 11) is 0. The van der Waals surface area contributed by atoms with Crippen molar-refractivity contribution in [1.29, 1.82) is 0 Å². The predicted octanol–water partition coefficient (Wildman–Crippen LogP) is 2.70. The number of hydrogen-bond donors (Lipinski definition) is 2. The Morgan fingerprint density at radius 3 is 2.95 bits per heavy atom. The molecule has 21 heavy (non-hydrogen) atoms. The summed E-state index contributed by atoms with van der Waals surface area (Å²) in [6.45, 7) is 6.25. The number of carbonyl (C=O) groups excluding carboxylic acids is 1. The van der Waals surface area contributed by atoms with Crippen molar-refractivity contribution in [3.8, 4) is 0 Å². The van der Waals surface area contributed by atoms with E-state index in [0.29, 0.717) is 6.61 Å². The molecule has 2 aromatic rings. The Morgan fingerprint density at radius 1 is 1.43 bits per heavy atom. The zero-order valence-electron chi connectivity index (χ0n) is 12.3. The average molecular weight is 304 g/mol. The van der Waals surface area contributed by atoms with Crippen LogP contribution < -0.4 is 10.6 Å². The van der Waals surface area contributed by atoms with Crippen LogP contribution in [0.15, 0.2) is 24.3 Å². The van der Waals surface area contributed by atoms with Crippen LogP contribution in [0.4, 0.5) is 0 Å². The van der Waals surface area contributed by atoms with Crippen LogP contribution in [0.3, 0.4) is 0 Å². The average Bonchev–Trinajstić information content (AvgIpc) is 2.87. The van der Waals surface area contributed by atoms with Crippen LogP contribution >= 0.6 is 11.3 Å². The molecule has 1 fully saturated rings. The second kappa shape index (κ2) is 6.13. The maximum atomic E-state index is 12.5. The van der Waals surface area contributed by atoms with Gasteiger partial charge in [-0.2, -0.15) is 0 Å². The minimum atomic E-state index is -0.0530. The van der Waals surface area contributed by atoms with Crippen LogP contribution in [0, 0.1) is 0 Å². The van der Waals surface area contributed by atoms with Gasteiger partial charge in [-0.15, -0.1) is 11.3 Å². The second-order valence-corrected chi connectivity index (χ2v) is 6.58. The quantitative estimate of drug-likeness (QED) is 0.916. The first-order valence-corrected chi connectivity index (χ1v) is 8.13. The molecule has 0 radical (unpaired) electrons. The molecule has 1 aromatic heterocycles. The molecular weight excluding hydrogens is 284 g/mol. The third-order valence-electron chi connectivity index (χ3n) is 3.51. The number of thiophene rings is 1. The third-order valence-corrected chi connectivity index (χ3v) is 4.69. The van der Waals surface area contributed by atoms with Crippen LogP contribution in [0.1, 0.15) is 35.2 Å². The molecule has 5 heteroatoms. The molecule has 0 unspecified atom stereocenters. The van der Waals surface area contributed by atoms with Crippen LogP contribution in [-0.2, 0) is 4.74 Å². The third kappa shape index (κ3) is 2.95. The minimum Gasteiger partial charge on any atom is -0.371 e. The van der Waals surface area contributed by atoms with E-state index in [1.807, 2.05) is 26.0 Å². The van der Waals surface area contributed by atoms with E-state index in [9.17, 15) is 4.79 Å². The van der Waals surface area contributed by atoms with Gasteiger partial charge in [-0.1, -0.05) is 18.2 Å². The number of carbonyl (C=O) groups is 1. The number of benzene rings is 1. The van der Waals surface area contributed by atoms with Gasteiger partial charge in [0.1, 0.15) is 0 Å². The van der Waals surface area contributed by atoms with Crippen LogP contribution in [-0.4, -0.2) is 31.6 Å². The van der Waals surface area contributed by atoms with Gasteiger partial charge in [-0.3, -0.25) is 4.79 Å². The van der Waals surface area contributed by atoms with E-state index < -0.39 is 0 Å². The number of ether oxygens (including phenoxy) is 1. The first-order chi connectivity index (χ1) is 10.2. The molecule has 0 saturated carbocycles. The van der Waals surface area contributed by atoms with E-state index in [2.05, 4.69) is 22.8 Å². The van der Waals surface area contributed by atoms with Crippen molar-refractivity contribution in [2.75, 3.05) is 19.7 Å². The molecule has 2 heterocycles. The summed E-state index contributed by atoms with van der Waals surface area (Å²) < 4.78 is 7.03. The molecule has 0 spiro atoms. The van der Waals surface area contributed by atoms with Crippen LogP contribution in [0.2, 0.25) is 0 Å². The molecule has 0 aliphatic carbocycles. The summed E-state index contributed by atoms with van der Waals surface area (Å²) in [6.07, 6.45) is -0.0530. The molecule has 1 aliphatic heterocycles. The topological polar surface area (TPSA) is 50.4 Å². The fourth-order valence-corrected chi connectivity index (χ4v) is 3.79. The molecule has 4 nitrogen and oxygen atoms in total. The fraction of sp³-hybridized carbons (Fsp3) is 0.438. The highest BCUT2D eigenvalue weighted by Gasteiger charge is 2.27. The van der Waals surface area contributed by atoms with Crippen molar-refractivity contribution in [2.24, 2.45) is 0 Å². The first kappa shape index (κ1) is 14.5. The maximum absolute atomic E-state index is 12.5. The van der Waals surface area contributed by atoms with Crippen molar-refractivity contribution < 1.29 is 9.53 Å². The van der Waals surface area contributed by atoms with Gasteiger partial charge in [-0.05, 0) is 25.3 Å². The molecular formula is C16H20N2O2S. The van der Waals surface area contributed by atoms with E-state index in [1.165, 1.54) is 0 Å². The lowest BCUT2D eigenvalue weighted by Crippen LogP contribution is -2.35. The van der Waals surface area contributed by atoms with E-state index in [1.54, 1.807) is 11.3 Å². The van der Waals surface area contributed by atoms with E-state index in [4.69, 9.17) is 4.74 Å². The summed E-state index contributed by atoms with van der Waals surface area (Å²) in [5.41, 5.74) is 1.03. The highest BCUT2D eigenvalue weighted by Crippen LogP contribution is 2.37. The monoisotopic (exact) mass is 304 g/mol. The lowest BCUT2D eigenvalue weighted by Gasteiger charge is -2.24. The van der Waals surface area contributed by atoms with Crippen LogP contribution in [0.25, 0.3) is 10.1 Å². The molecule has 1 aliphatic rings. The SMILES string of the molecule is CC(C)NC(=O)c1sc2ccccc2c1[C@H]1CNCCO1. The zero-order valence-corrected chi connectivity index (χ0v) is 13.1. The Kier molecular flexibility index (Phi) is 4.24. The van der Waals surface area contributed by atoms with Gasteiger partial charge in [-0.25, -0.2) is 0 Å². The Balaban J connectivity index is 2.07. The Bertz CT molecular complexity index is 645. The lowest BCUT2D eigenvalue weighted by atomic mass is 10.0. The first-order valence-electron chi connectivity index (χ1n) is 7.31. The van der Waals surface area contributed by atoms with Gasteiger partial charge >= 0.3 is 0 Å². The zero-order chi connectivity index (χ0) is 14.8. The van der Waals surface area contributed by atoms with E-state index >= 15 is 0 Å². The Morgan fingerprint density at radius 2 is 2.24 bits per heavy atom. The minimum absolute atomic E-state index is 0.00428.